The van der Waals surface area contributed by atoms with Gasteiger partial charge in [-0.25, -0.2) is 0 Å². The average Bonchev–Trinajstić information content (AvgIpc) is 3.06. The number of amides is 1. The number of hydrogen-bond acceptors (Lipinski definition) is 4. The molecule has 2 rings (SSSR count). The van der Waals surface area contributed by atoms with Crippen LogP contribution in [0.5, 0.6) is 11.5 Å². The van der Waals surface area contributed by atoms with Gasteiger partial charge in [-0.15, -0.1) is 11.3 Å². The predicted molar refractivity (Wildman–Crippen MR) is 88.9 cm³/mol. The molecule has 22 heavy (non-hydrogen) atoms. The van der Waals surface area contributed by atoms with E-state index in [9.17, 15) is 4.79 Å². The highest BCUT2D eigenvalue weighted by atomic mass is 32.1. The number of thiophene rings is 1. The number of carbonyl (C=O) groups excluding carboxylic acids is 1. The topological polar surface area (TPSA) is 47.6 Å². The molecule has 1 heterocycles. The van der Waals surface area contributed by atoms with Crippen molar-refractivity contribution >= 4 is 17.2 Å². The molecule has 0 unspecified atom stereocenters. The molecule has 4 nitrogen and oxygen atoms in total. The largest absolute Gasteiger partial charge is 0.497 e. The minimum atomic E-state index is 0.0569. The molecular formula is C17H21NO3S. The van der Waals surface area contributed by atoms with Crippen molar-refractivity contribution in [1.29, 1.82) is 0 Å². The summed E-state index contributed by atoms with van der Waals surface area (Å²) in [6.07, 6.45) is 1.95. The second-order valence-corrected chi connectivity index (χ2v) is 5.89. The molecule has 1 N–H and O–H groups in total. The van der Waals surface area contributed by atoms with Gasteiger partial charge < -0.3 is 14.8 Å². The molecular weight excluding hydrogens is 298 g/mol. The number of benzene rings is 1. The predicted octanol–water partition coefficient (Wildman–Crippen LogP) is 3.06. The molecule has 0 saturated carbocycles. The maximum Gasteiger partial charge on any atom is 0.220 e. The molecule has 0 bridgehead atoms. The average molecular weight is 319 g/mol. The van der Waals surface area contributed by atoms with Crippen molar-refractivity contribution in [2.45, 2.75) is 19.3 Å². The third-order valence-electron chi connectivity index (χ3n) is 3.38. The van der Waals surface area contributed by atoms with Crippen LogP contribution in [0.4, 0.5) is 0 Å². The summed E-state index contributed by atoms with van der Waals surface area (Å²) in [5, 5.41) is 5.00. The summed E-state index contributed by atoms with van der Waals surface area (Å²) in [6, 6.07) is 9.73. The third kappa shape index (κ3) is 4.77. The number of rotatable bonds is 8. The first-order chi connectivity index (χ1) is 10.7. The zero-order chi connectivity index (χ0) is 15.8. The minimum absolute atomic E-state index is 0.0569. The van der Waals surface area contributed by atoms with Crippen LogP contribution < -0.4 is 14.8 Å². The summed E-state index contributed by atoms with van der Waals surface area (Å²) in [4.78, 5) is 13.2. The highest BCUT2D eigenvalue weighted by Gasteiger charge is 2.08. The normalized spacial score (nSPS) is 10.3. The van der Waals surface area contributed by atoms with Crippen LogP contribution in [0, 0.1) is 0 Å². The van der Waals surface area contributed by atoms with Crippen LogP contribution in [0.3, 0.4) is 0 Å². The Bertz CT molecular complexity index is 596. The Morgan fingerprint density at radius 2 is 2.05 bits per heavy atom. The summed E-state index contributed by atoms with van der Waals surface area (Å²) in [6.45, 7) is 0.675. The van der Waals surface area contributed by atoms with E-state index in [-0.39, 0.29) is 5.91 Å². The van der Waals surface area contributed by atoms with Gasteiger partial charge in [-0.1, -0.05) is 6.07 Å². The lowest BCUT2D eigenvalue weighted by molar-refractivity contribution is -0.121. The fraction of sp³-hybridized carbons (Fsp3) is 0.353. The van der Waals surface area contributed by atoms with E-state index in [0.717, 1.165) is 23.5 Å². The maximum absolute atomic E-state index is 11.9. The molecule has 1 aromatic carbocycles. The molecule has 0 aliphatic carbocycles. The Labute approximate surface area is 135 Å². The van der Waals surface area contributed by atoms with Crippen molar-refractivity contribution < 1.29 is 14.3 Å². The first-order valence-electron chi connectivity index (χ1n) is 7.23. The van der Waals surface area contributed by atoms with Gasteiger partial charge in [0.2, 0.25) is 5.91 Å². The Kier molecular flexibility index (Phi) is 6.27. The van der Waals surface area contributed by atoms with Crippen LogP contribution in [-0.4, -0.2) is 26.7 Å². The summed E-state index contributed by atoms with van der Waals surface area (Å²) >= 11 is 1.71. The van der Waals surface area contributed by atoms with Gasteiger partial charge in [0.15, 0.2) is 0 Å². The van der Waals surface area contributed by atoms with Crippen molar-refractivity contribution in [2.24, 2.45) is 0 Å². The van der Waals surface area contributed by atoms with E-state index in [2.05, 4.69) is 11.4 Å². The Balaban J connectivity index is 1.80. The van der Waals surface area contributed by atoms with E-state index < -0.39 is 0 Å². The van der Waals surface area contributed by atoms with Crippen molar-refractivity contribution in [2.75, 3.05) is 20.8 Å². The summed E-state index contributed by atoms with van der Waals surface area (Å²) in [5.74, 6) is 1.61. The summed E-state index contributed by atoms with van der Waals surface area (Å²) in [7, 11) is 3.26. The third-order valence-corrected chi connectivity index (χ3v) is 4.32. The van der Waals surface area contributed by atoms with Crippen molar-refractivity contribution in [3.05, 3.63) is 46.2 Å². The van der Waals surface area contributed by atoms with E-state index in [4.69, 9.17) is 9.47 Å². The van der Waals surface area contributed by atoms with Crippen molar-refractivity contribution in [3.8, 4) is 11.5 Å². The van der Waals surface area contributed by atoms with Gasteiger partial charge in [0.25, 0.3) is 0 Å². The van der Waals surface area contributed by atoms with Crippen LogP contribution in [0.2, 0.25) is 0 Å². The molecule has 0 atom stereocenters. The lowest BCUT2D eigenvalue weighted by Gasteiger charge is -2.10. The van der Waals surface area contributed by atoms with E-state index in [1.54, 1.807) is 25.6 Å². The maximum atomic E-state index is 11.9. The second-order valence-electron chi connectivity index (χ2n) is 4.86. The Morgan fingerprint density at radius 3 is 2.73 bits per heavy atom. The zero-order valence-electron chi connectivity index (χ0n) is 12.9. The summed E-state index contributed by atoms with van der Waals surface area (Å²) in [5.41, 5.74) is 0.982. The molecule has 5 heteroatoms. The van der Waals surface area contributed by atoms with Crippen LogP contribution >= 0.6 is 11.3 Å². The molecule has 0 saturated heterocycles. The number of hydrogen-bond donors (Lipinski definition) is 1. The van der Waals surface area contributed by atoms with E-state index in [1.807, 2.05) is 29.6 Å². The molecule has 118 valence electrons. The fourth-order valence-corrected chi connectivity index (χ4v) is 2.90. The first-order valence-corrected chi connectivity index (χ1v) is 8.11. The molecule has 1 amide bonds. The smallest absolute Gasteiger partial charge is 0.220 e. The Morgan fingerprint density at radius 1 is 1.18 bits per heavy atom. The lowest BCUT2D eigenvalue weighted by atomic mass is 10.1. The van der Waals surface area contributed by atoms with Gasteiger partial charge in [0.05, 0.1) is 14.2 Å². The van der Waals surface area contributed by atoms with Crippen LogP contribution in [0.1, 0.15) is 16.9 Å². The molecule has 1 aromatic heterocycles. The van der Waals surface area contributed by atoms with Gasteiger partial charge in [-0.05, 0) is 48.1 Å². The van der Waals surface area contributed by atoms with E-state index >= 15 is 0 Å². The highest BCUT2D eigenvalue weighted by Crippen LogP contribution is 2.25. The van der Waals surface area contributed by atoms with Gasteiger partial charge in [-0.3, -0.25) is 4.79 Å². The van der Waals surface area contributed by atoms with Gasteiger partial charge in [-0.2, -0.15) is 0 Å². The Hall–Kier alpha value is -2.01. The van der Waals surface area contributed by atoms with Gasteiger partial charge >= 0.3 is 0 Å². The zero-order valence-corrected chi connectivity index (χ0v) is 13.7. The second kappa shape index (κ2) is 8.44. The quantitative estimate of drug-likeness (QED) is 0.813. The van der Waals surface area contributed by atoms with Gasteiger partial charge in [0, 0.05) is 17.8 Å². The van der Waals surface area contributed by atoms with E-state index in [1.165, 1.54) is 4.88 Å². The minimum Gasteiger partial charge on any atom is -0.497 e. The molecule has 0 aliphatic rings. The molecule has 0 fully saturated rings. The highest BCUT2D eigenvalue weighted by molar-refractivity contribution is 7.09. The van der Waals surface area contributed by atoms with Gasteiger partial charge in [0.1, 0.15) is 11.5 Å². The van der Waals surface area contributed by atoms with E-state index in [0.29, 0.717) is 19.4 Å². The summed E-state index contributed by atoms with van der Waals surface area (Å²) < 4.78 is 10.5. The molecule has 0 spiro atoms. The monoisotopic (exact) mass is 319 g/mol. The SMILES string of the molecule is COc1ccc(OC)c(CCC(=O)NCCc2cccs2)c1. The first kappa shape index (κ1) is 16.4. The lowest BCUT2D eigenvalue weighted by Crippen LogP contribution is -2.25. The molecule has 2 aromatic rings. The fourth-order valence-electron chi connectivity index (χ4n) is 2.19. The van der Waals surface area contributed by atoms with Crippen molar-refractivity contribution in [3.63, 3.8) is 0 Å². The van der Waals surface area contributed by atoms with Crippen LogP contribution in [0.15, 0.2) is 35.7 Å². The number of nitrogens with one attached hydrogen (secondary N) is 1. The van der Waals surface area contributed by atoms with Crippen LogP contribution in [-0.2, 0) is 17.6 Å². The number of aryl methyl sites for hydroxylation is 1. The molecule has 0 radical (unpaired) electrons. The number of ether oxygens (including phenoxy) is 2. The standard InChI is InChI=1S/C17H21NO3S/c1-20-14-6-7-16(21-2)13(12-14)5-8-17(19)18-10-9-15-4-3-11-22-15/h3-4,6-7,11-12H,5,8-10H2,1-2H3,(H,18,19). The van der Waals surface area contributed by atoms with Crippen LogP contribution in [0.25, 0.3) is 0 Å². The number of carbonyl (C=O) groups is 1. The van der Waals surface area contributed by atoms with Crippen molar-refractivity contribution in [1.82, 2.24) is 5.32 Å². The number of methoxy groups -OCH3 is 2. The molecule has 0 aliphatic heterocycles.